The molecule has 1 aromatic heterocycles. The van der Waals surface area contributed by atoms with Gasteiger partial charge in [-0.3, -0.25) is 4.72 Å². The third-order valence-electron chi connectivity index (χ3n) is 3.70. The van der Waals surface area contributed by atoms with Crippen LogP contribution in [0.2, 0.25) is 0 Å². The van der Waals surface area contributed by atoms with Gasteiger partial charge in [0, 0.05) is 13.1 Å². The standard InChI is InChI=1S/C14H14BrFN2O4S3/c15-13-3-4-14(23-13)25(21,22)17-10-1-2-11(16)12(9-10)18-5-7-24(19,20)8-6-18/h1-4,9,17H,5-8H2. The van der Waals surface area contributed by atoms with E-state index in [1.807, 2.05) is 0 Å². The largest absolute Gasteiger partial charge is 0.367 e. The lowest BCUT2D eigenvalue weighted by Gasteiger charge is -2.29. The van der Waals surface area contributed by atoms with E-state index in [1.165, 1.54) is 24.3 Å². The van der Waals surface area contributed by atoms with Crippen molar-refractivity contribution in [3.63, 3.8) is 0 Å². The molecule has 0 bridgehead atoms. The SMILES string of the molecule is O=S1(=O)CCN(c2cc(NS(=O)(=O)c3ccc(Br)s3)ccc2F)CC1. The Balaban J connectivity index is 1.85. The molecule has 0 aliphatic carbocycles. The van der Waals surface area contributed by atoms with Crippen LogP contribution in [0.4, 0.5) is 15.8 Å². The molecule has 6 nitrogen and oxygen atoms in total. The molecule has 0 radical (unpaired) electrons. The first-order valence-corrected chi connectivity index (χ1v) is 12.1. The minimum atomic E-state index is -3.77. The van der Waals surface area contributed by atoms with Crippen molar-refractivity contribution in [1.29, 1.82) is 0 Å². The summed E-state index contributed by atoms with van der Waals surface area (Å²) in [5, 5.41) is 0. The summed E-state index contributed by atoms with van der Waals surface area (Å²) in [5.41, 5.74) is 0.400. The van der Waals surface area contributed by atoms with Crippen molar-refractivity contribution >= 4 is 58.5 Å². The Morgan fingerprint density at radius 1 is 1.16 bits per heavy atom. The highest BCUT2D eigenvalue weighted by Gasteiger charge is 2.24. The highest BCUT2D eigenvalue weighted by Crippen LogP contribution is 2.30. The molecule has 1 saturated heterocycles. The summed E-state index contributed by atoms with van der Waals surface area (Å²) >= 11 is 4.28. The van der Waals surface area contributed by atoms with Crippen molar-refractivity contribution in [2.24, 2.45) is 0 Å². The van der Waals surface area contributed by atoms with Gasteiger partial charge in [0.1, 0.15) is 10.0 Å². The predicted molar refractivity (Wildman–Crippen MR) is 100 cm³/mol. The topological polar surface area (TPSA) is 83.6 Å². The minimum absolute atomic E-state index is 0.0500. The van der Waals surface area contributed by atoms with Crippen LogP contribution in [0, 0.1) is 5.82 Å². The maximum atomic E-state index is 14.1. The van der Waals surface area contributed by atoms with E-state index in [1.54, 1.807) is 11.0 Å². The summed E-state index contributed by atoms with van der Waals surface area (Å²) in [7, 11) is -6.86. The minimum Gasteiger partial charge on any atom is -0.367 e. The molecule has 0 spiro atoms. The lowest BCUT2D eigenvalue weighted by molar-refractivity contribution is 0.582. The number of hydrogen-bond acceptors (Lipinski definition) is 6. The number of thiophene rings is 1. The summed E-state index contributed by atoms with van der Waals surface area (Å²) < 4.78 is 65.1. The van der Waals surface area contributed by atoms with Crippen molar-refractivity contribution in [1.82, 2.24) is 0 Å². The van der Waals surface area contributed by atoms with E-state index in [0.717, 1.165) is 11.3 Å². The van der Waals surface area contributed by atoms with Crippen molar-refractivity contribution in [3.05, 3.63) is 39.9 Å². The summed E-state index contributed by atoms with van der Waals surface area (Å²) in [6, 6.07) is 6.98. The number of sulfone groups is 1. The highest BCUT2D eigenvalue weighted by atomic mass is 79.9. The molecule has 25 heavy (non-hydrogen) atoms. The average molecular weight is 469 g/mol. The number of halogens is 2. The number of nitrogens with zero attached hydrogens (tertiary/aromatic N) is 1. The van der Waals surface area contributed by atoms with Crippen molar-refractivity contribution in [2.45, 2.75) is 4.21 Å². The molecule has 0 atom stereocenters. The van der Waals surface area contributed by atoms with Gasteiger partial charge >= 0.3 is 0 Å². The zero-order valence-corrected chi connectivity index (χ0v) is 16.8. The molecule has 11 heteroatoms. The first-order valence-electron chi connectivity index (χ1n) is 7.19. The maximum absolute atomic E-state index is 14.1. The average Bonchev–Trinajstić information content (AvgIpc) is 2.97. The fraction of sp³-hybridized carbons (Fsp3) is 0.286. The molecule has 1 aromatic carbocycles. The van der Waals surface area contributed by atoms with Gasteiger partial charge in [0.05, 0.1) is 26.7 Å². The van der Waals surface area contributed by atoms with E-state index in [9.17, 15) is 21.2 Å². The van der Waals surface area contributed by atoms with Gasteiger partial charge in [-0.1, -0.05) is 0 Å². The van der Waals surface area contributed by atoms with Gasteiger partial charge < -0.3 is 4.90 Å². The van der Waals surface area contributed by atoms with E-state index < -0.39 is 25.7 Å². The summed E-state index contributed by atoms with van der Waals surface area (Å²) in [5.74, 6) is -0.627. The van der Waals surface area contributed by atoms with E-state index in [2.05, 4.69) is 20.7 Å². The number of rotatable bonds is 4. The Kier molecular flexibility index (Phi) is 5.11. The molecule has 3 rings (SSSR count). The number of benzene rings is 1. The molecule has 2 aromatic rings. The Bertz CT molecular complexity index is 991. The Morgan fingerprint density at radius 2 is 1.84 bits per heavy atom. The number of nitrogens with one attached hydrogen (secondary N) is 1. The van der Waals surface area contributed by atoms with Crippen LogP contribution in [0.25, 0.3) is 0 Å². The van der Waals surface area contributed by atoms with E-state index in [-0.39, 0.29) is 40.2 Å². The molecular formula is C14H14BrFN2O4S3. The van der Waals surface area contributed by atoms with Crippen LogP contribution in [0.3, 0.4) is 0 Å². The summed E-state index contributed by atoms with van der Waals surface area (Å²) in [4.78, 5) is 1.61. The van der Waals surface area contributed by atoms with Gasteiger partial charge in [0.2, 0.25) is 0 Å². The lowest BCUT2D eigenvalue weighted by atomic mass is 10.2. The number of hydrogen-bond donors (Lipinski definition) is 1. The van der Waals surface area contributed by atoms with Crippen LogP contribution in [-0.2, 0) is 19.9 Å². The van der Waals surface area contributed by atoms with Gasteiger partial charge in [-0.05, 0) is 46.3 Å². The van der Waals surface area contributed by atoms with Crippen LogP contribution < -0.4 is 9.62 Å². The molecule has 0 saturated carbocycles. The zero-order valence-electron chi connectivity index (χ0n) is 12.8. The second-order valence-electron chi connectivity index (χ2n) is 5.47. The summed E-state index contributed by atoms with van der Waals surface area (Å²) in [6.45, 7) is 0.348. The monoisotopic (exact) mass is 468 g/mol. The van der Waals surface area contributed by atoms with E-state index in [0.29, 0.717) is 3.79 Å². The van der Waals surface area contributed by atoms with Crippen molar-refractivity contribution in [2.75, 3.05) is 34.2 Å². The fourth-order valence-electron chi connectivity index (χ4n) is 2.42. The Morgan fingerprint density at radius 3 is 2.44 bits per heavy atom. The smallest absolute Gasteiger partial charge is 0.271 e. The van der Waals surface area contributed by atoms with Crippen LogP contribution in [0.15, 0.2) is 38.3 Å². The first kappa shape index (κ1) is 18.6. The normalized spacial score (nSPS) is 17.4. The van der Waals surface area contributed by atoms with Gasteiger partial charge in [-0.15, -0.1) is 11.3 Å². The molecule has 1 aliphatic rings. The number of anilines is 2. The molecule has 2 heterocycles. The highest BCUT2D eigenvalue weighted by molar-refractivity contribution is 9.11. The second-order valence-corrected chi connectivity index (χ2v) is 12.1. The fourth-order valence-corrected chi connectivity index (χ4v) is 6.68. The maximum Gasteiger partial charge on any atom is 0.271 e. The Labute approximate surface area is 157 Å². The van der Waals surface area contributed by atoms with Gasteiger partial charge in [0.25, 0.3) is 10.0 Å². The molecule has 0 unspecified atom stereocenters. The van der Waals surface area contributed by atoms with Gasteiger partial charge in [-0.2, -0.15) is 0 Å². The van der Waals surface area contributed by atoms with Crippen molar-refractivity contribution in [3.8, 4) is 0 Å². The van der Waals surface area contributed by atoms with Crippen molar-refractivity contribution < 1.29 is 21.2 Å². The lowest BCUT2D eigenvalue weighted by Crippen LogP contribution is -2.40. The number of sulfonamides is 1. The van der Waals surface area contributed by atoms with E-state index >= 15 is 0 Å². The van der Waals surface area contributed by atoms with E-state index in [4.69, 9.17) is 0 Å². The first-order chi connectivity index (χ1) is 11.7. The molecular weight excluding hydrogens is 455 g/mol. The molecule has 1 N–H and O–H groups in total. The summed E-state index contributed by atoms with van der Waals surface area (Å²) in [6.07, 6.45) is 0. The van der Waals surface area contributed by atoms with Crippen LogP contribution in [0.5, 0.6) is 0 Å². The molecule has 1 fully saturated rings. The third-order valence-corrected chi connectivity index (χ3v) is 8.80. The van der Waals surface area contributed by atoms with Gasteiger partial charge in [-0.25, -0.2) is 21.2 Å². The molecule has 0 amide bonds. The van der Waals surface area contributed by atoms with Crippen LogP contribution in [0.1, 0.15) is 0 Å². The Hall–Kier alpha value is -1.17. The predicted octanol–water partition coefficient (Wildman–Crippen LogP) is 2.69. The quantitative estimate of drug-likeness (QED) is 0.745. The molecule has 1 aliphatic heterocycles. The van der Waals surface area contributed by atoms with Gasteiger partial charge in [0.15, 0.2) is 9.84 Å². The zero-order chi connectivity index (χ0) is 18.2. The molecule has 136 valence electrons. The second kappa shape index (κ2) is 6.86. The van der Waals surface area contributed by atoms with Crippen LogP contribution >= 0.6 is 27.3 Å². The van der Waals surface area contributed by atoms with Crippen LogP contribution in [-0.4, -0.2) is 41.4 Å². The third kappa shape index (κ3) is 4.33.